The molecule has 0 bridgehead atoms. The molecule has 0 amide bonds. The van der Waals surface area contributed by atoms with E-state index in [4.69, 9.17) is 0 Å². The van der Waals surface area contributed by atoms with Crippen molar-refractivity contribution in [2.75, 3.05) is 0 Å². The largest absolute Gasteiger partial charge is 0.288 e. The van der Waals surface area contributed by atoms with Crippen molar-refractivity contribution in [1.29, 1.82) is 0 Å². The van der Waals surface area contributed by atoms with Gasteiger partial charge in [0.15, 0.2) is 5.82 Å². The Balaban J connectivity index is 2.67. The summed E-state index contributed by atoms with van der Waals surface area (Å²) in [4.78, 5) is 13.8. The normalized spacial score (nSPS) is 11.0. The Kier molecular flexibility index (Phi) is 2.03. The molecule has 2 aromatic heterocycles. The molecule has 14 heavy (non-hydrogen) atoms. The van der Waals surface area contributed by atoms with E-state index in [1.165, 1.54) is 0 Å². The summed E-state index contributed by atoms with van der Waals surface area (Å²) in [7, 11) is 0. The Morgan fingerprint density at radius 3 is 2.93 bits per heavy atom. The number of fused-ring (bicyclic) bond motifs is 1. The van der Waals surface area contributed by atoms with Crippen LogP contribution in [0.2, 0.25) is 0 Å². The van der Waals surface area contributed by atoms with Gasteiger partial charge in [0.05, 0.1) is 0 Å². The van der Waals surface area contributed by atoms with E-state index >= 15 is 0 Å². The van der Waals surface area contributed by atoms with Gasteiger partial charge in [-0.25, -0.2) is 0 Å². The van der Waals surface area contributed by atoms with Crippen LogP contribution in [0, 0.1) is 6.92 Å². The van der Waals surface area contributed by atoms with E-state index in [0.29, 0.717) is 11.5 Å². The van der Waals surface area contributed by atoms with Gasteiger partial charge in [-0.2, -0.15) is 9.61 Å². The second-order valence-electron chi connectivity index (χ2n) is 3.14. The van der Waals surface area contributed by atoms with Crippen LogP contribution in [0.4, 0.5) is 0 Å². The molecule has 0 saturated carbocycles. The van der Waals surface area contributed by atoms with E-state index in [-0.39, 0.29) is 5.56 Å². The van der Waals surface area contributed by atoms with Crippen molar-refractivity contribution < 1.29 is 0 Å². The average molecular weight is 193 g/mol. The van der Waals surface area contributed by atoms with E-state index < -0.39 is 0 Å². The lowest BCUT2D eigenvalue weighted by Gasteiger charge is -1.96. The molecule has 0 saturated heterocycles. The monoisotopic (exact) mass is 193 g/mol. The summed E-state index contributed by atoms with van der Waals surface area (Å²) >= 11 is 0. The molecule has 2 rings (SSSR count). The fourth-order valence-corrected chi connectivity index (χ4v) is 1.26. The summed E-state index contributed by atoms with van der Waals surface area (Å²) < 4.78 is 1.58. The molecule has 0 aliphatic carbocycles. The lowest BCUT2D eigenvalue weighted by Crippen LogP contribution is -2.16. The second kappa shape index (κ2) is 3.21. The predicted octanol–water partition coefficient (Wildman–Crippen LogP) is 0.0735. The second-order valence-corrected chi connectivity index (χ2v) is 3.14. The summed E-state index contributed by atoms with van der Waals surface area (Å²) in [6.07, 6.45) is 1.78. The summed E-state index contributed by atoms with van der Waals surface area (Å²) in [5.74, 6) is 1.19. The van der Waals surface area contributed by atoms with E-state index in [1.807, 2.05) is 0 Å². The number of rotatable bonds is 2. The van der Waals surface area contributed by atoms with Crippen molar-refractivity contribution in [2.45, 2.75) is 26.7 Å². The maximum Gasteiger partial charge on any atom is 0.273 e. The maximum atomic E-state index is 11.2. The van der Waals surface area contributed by atoms with Crippen LogP contribution in [0.3, 0.4) is 0 Å². The molecule has 0 spiro atoms. The van der Waals surface area contributed by atoms with Crippen molar-refractivity contribution in [3.8, 4) is 0 Å². The number of hydrogen-bond donors (Lipinski definition) is 1. The van der Waals surface area contributed by atoms with Gasteiger partial charge in [-0.1, -0.05) is 6.92 Å². The van der Waals surface area contributed by atoms with Crippen molar-refractivity contribution >= 4 is 5.78 Å². The zero-order valence-corrected chi connectivity index (χ0v) is 8.11. The first-order valence-corrected chi connectivity index (χ1v) is 4.53. The number of nitrogens with zero attached hydrogens (tertiary/aromatic N) is 4. The van der Waals surface area contributed by atoms with Crippen LogP contribution in [0.5, 0.6) is 0 Å². The Bertz CT molecular complexity index is 512. The summed E-state index contributed by atoms with van der Waals surface area (Å²) in [6.45, 7) is 3.72. The molecule has 2 aromatic rings. The van der Waals surface area contributed by atoms with Gasteiger partial charge in [-0.05, 0) is 13.3 Å². The van der Waals surface area contributed by atoms with Crippen LogP contribution >= 0.6 is 0 Å². The van der Waals surface area contributed by atoms with Crippen molar-refractivity contribution in [2.24, 2.45) is 0 Å². The lowest BCUT2D eigenvalue weighted by atomic mass is 10.3. The number of aromatic nitrogens is 5. The summed E-state index contributed by atoms with van der Waals surface area (Å²) in [6, 6.07) is 0. The third-order valence-electron chi connectivity index (χ3n) is 1.98. The minimum absolute atomic E-state index is 0.215. The molecule has 0 fully saturated rings. The highest BCUT2D eigenvalue weighted by atomic mass is 16.1. The smallest absolute Gasteiger partial charge is 0.273 e. The number of nitrogens with one attached hydrogen (secondary N) is 1. The van der Waals surface area contributed by atoms with E-state index in [9.17, 15) is 4.79 Å². The van der Waals surface area contributed by atoms with Crippen LogP contribution in [0.25, 0.3) is 5.78 Å². The molecule has 74 valence electrons. The first kappa shape index (κ1) is 8.86. The zero-order valence-electron chi connectivity index (χ0n) is 8.11. The van der Waals surface area contributed by atoms with Crippen LogP contribution in [0.15, 0.2) is 4.79 Å². The van der Waals surface area contributed by atoms with Gasteiger partial charge in [0, 0.05) is 6.42 Å². The number of aromatic amines is 1. The molecule has 6 heteroatoms. The van der Waals surface area contributed by atoms with E-state index in [2.05, 4.69) is 27.2 Å². The zero-order chi connectivity index (χ0) is 10.1. The SMILES string of the molecule is CCCc1nnc2[nH]c(=O)c(C)nn12. The molecule has 0 unspecified atom stereocenters. The first-order valence-electron chi connectivity index (χ1n) is 4.53. The van der Waals surface area contributed by atoms with Crippen molar-refractivity contribution in [1.82, 2.24) is 24.8 Å². The Labute approximate surface area is 80.0 Å². The molecule has 0 atom stereocenters. The highest BCUT2D eigenvalue weighted by Gasteiger charge is 2.07. The highest BCUT2D eigenvalue weighted by molar-refractivity contribution is 5.24. The average Bonchev–Trinajstić information content (AvgIpc) is 2.51. The minimum Gasteiger partial charge on any atom is -0.288 e. The standard InChI is InChI=1S/C8H11N5O/c1-3-4-6-10-11-8-9-7(14)5(2)12-13(6)8/h3-4H2,1-2H3,(H,9,11,14). The Morgan fingerprint density at radius 1 is 1.43 bits per heavy atom. The van der Waals surface area contributed by atoms with Crippen LogP contribution in [0.1, 0.15) is 24.9 Å². The predicted molar refractivity (Wildman–Crippen MR) is 50.1 cm³/mol. The van der Waals surface area contributed by atoms with Gasteiger partial charge in [0.2, 0.25) is 0 Å². The van der Waals surface area contributed by atoms with Gasteiger partial charge in [-0.15, -0.1) is 10.2 Å². The molecule has 0 aliphatic rings. The molecule has 6 nitrogen and oxygen atoms in total. The number of aryl methyl sites for hydroxylation is 2. The summed E-state index contributed by atoms with van der Waals surface area (Å²) in [5.41, 5.74) is 0.211. The fourth-order valence-electron chi connectivity index (χ4n) is 1.26. The third-order valence-corrected chi connectivity index (χ3v) is 1.98. The van der Waals surface area contributed by atoms with Crippen LogP contribution < -0.4 is 5.56 Å². The first-order chi connectivity index (χ1) is 6.72. The highest BCUT2D eigenvalue weighted by Crippen LogP contribution is 1.99. The molecule has 2 heterocycles. The third kappa shape index (κ3) is 1.28. The lowest BCUT2D eigenvalue weighted by molar-refractivity contribution is 0.749. The molecule has 1 N–H and O–H groups in total. The fraction of sp³-hybridized carbons (Fsp3) is 0.500. The molecular weight excluding hydrogens is 182 g/mol. The topological polar surface area (TPSA) is 75.9 Å². The van der Waals surface area contributed by atoms with Crippen molar-refractivity contribution in [3.05, 3.63) is 21.9 Å². The van der Waals surface area contributed by atoms with Gasteiger partial charge in [-0.3, -0.25) is 9.78 Å². The van der Waals surface area contributed by atoms with E-state index in [1.54, 1.807) is 11.4 Å². The van der Waals surface area contributed by atoms with Gasteiger partial charge in [0.25, 0.3) is 11.3 Å². The Morgan fingerprint density at radius 2 is 2.21 bits per heavy atom. The van der Waals surface area contributed by atoms with Crippen molar-refractivity contribution in [3.63, 3.8) is 0 Å². The van der Waals surface area contributed by atoms with E-state index in [0.717, 1.165) is 18.7 Å². The molecule has 0 radical (unpaired) electrons. The minimum atomic E-state index is -0.215. The molecule has 0 aromatic carbocycles. The van der Waals surface area contributed by atoms with Gasteiger partial charge >= 0.3 is 0 Å². The number of hydrogen-bond acceptors (Lipinski definition) is 4. The number of H-pyrrole nitrogens is 1. The maximum absolute atomic E-state index is 11.2. The summed E-state index contributed by atoms with van der Waals surface area (Å²) in [5, 5.41) is 11.9. The Hall–Kier alpha value is -1.72. The quantitative estimate of drug-likeness (QED) is 0.732. The van der Waals surface area contributed by atoms with Gasteiger partial charge < -0.3 is 0 Å². The van der Waals surface area contributed by atoms with Gasteiger partial charge in [0.1, 0.15) is 5.69 Å². The van der Waals surface area contributed by atoms with Crippen LogP contribution in [-0.2, 0) is 6.42 Å². The molecule has 0 aliphatic heterocycles. The van der Waals surface area contributed by atoms with Crippen LogP contribution in [-0.4, -0.2) is 24.8 Å². The molecular formula is C8H11N5O.